The first-order valence-electron chi connectivity index (χ1n) is 9.12. The van der Waals surface area contributed by atoms with E-state index in [1.54, 1.807) is 0 Å². The van der Waals surface area contributed by atoms with Crippen molar-refractivity contribution in [2.45, 2.75) is 24.9 Å². The summed E-state index contributed by atoms with van der Waals surface area (Å²) < 4.78 is 6.46. The summed E-state index contributed by atoms with van der Waals surface area (Å²) in [6.07, 6.45) is 1.99. The Morgan fingerprint density at radius 1 is 1.12 bits per heavy atom. The molecule has 2 aliphatic rings. The van der Waals surface area contributed by atoms with Crippen molar-refractivity contribution in [2.75, 3.05) is 26.3 Å². The predicted molar refractivity (Wildman–Crippen MR) is 105 cm³/mol. The van der Waals surface area contributed by atoms with Crippen molar-refractivity contribution in [3.05, 3.63) is 69.7 Å². The van der Waals surface area contributed by atoms with Crippen molar-refractivity contribution in [1.29, 1.82) is 0 Å². The minimum absolute atomic E-state index is 0.00856. The van der Waals surface area contributed by atoms with Gasteiger partial charge >= 0.3 is 0 Å². The molecule has 2 fully saturated rings. The molecule has 1 aliphatic carbocycles. The highest BCUT2D eigenvalue weighted by Crippen LogP contribution is 2.45. The highest BCUT2D eigenvalue weighted by molar-refractivity contribution is 9.10. The minimum atomic E-state index is -0.196. The number of benzene rings is 2. The molecule has 0 radical (unpaired) electrons. The summed E-state index contributed by atoms with van der Waals surface area (Å²) in [5.74, 6) is 0.00856. The number of ether oxygens (including phenoxy) is 1. The van der Waals surface area contributed by atoms with Gasteiger partial charge in [0, 0.05) is 29.7 Å². The number of halogens is 1. The van der Waals surface area contributed by atoms with Gasteiger partial charge in [0.15, 0.2) is 0 Å². The van der Waals surface area contributed by atoms with Gasteiger partial charge in [-0.05, 0) is 48.2 Å². The first kappa shape index (κ1) is 17.7. The summed E-state index contributed by atoms with van der Waals surface area (Å²) >= 11 is 3.47. The Labute approximate surface area is 162 Å². The molecule has 4 nitrogen and oxygen atoms in total. The summed E-state index contributed by atoms with van der Waals surface area (Å²) in [7, 11) is 0. The van der Waals surface area contributed by atoms with Gasteiger partial charge in [-0.3, -0.25) is 9.69 Å². The van der Waals surface area contributed by atoms with Gasteiger partial charge in [-0.25, -0.2) is 0 Å². The molecule has 0 atom stereocenters. The van der Waals surface area contributed by atoms with Gasteiger partial charge in [-0.15, -0.1) is 0 Å². The van der Waals surface area contributed by atoms with E-state index in [0.29, 0.717) is 0 Å². The molecule has 1 N–H and O–H groups in total. The van der Waals surface area contributed by atoms with E-state index in [9.17, 15) is 4.79 Å². The molecule has 1 heterocycles. The van der Waals surface area contributed by atoms with Crippen LogP contribution < -0.4 is 5.32 Å². The highest BCUT2D eigenvalue weighted by Gasteiger charge is 2.45. The van der Waals surface area contributed by atoms with Gasteiger partial charge in [-0.1, -0.05) is 40.2 Å². The molecule has 136 valence electrons. The number of carbonyl (C=O) groups is 1. The Morgan fingerprint density at radius 3 is 2.54 bits per heavy atom. The molecule has 5 heteroatoms. The van der Waals surface area contributed by atoms with Crippen molar-refractivity contribution in [1.82, 2.24) is 10.2 Å². The van der Waals surface area contributed by atoms with E-state index in [1.165, 1.54) is 11.1 Å². The standard InChI is InChI=1S/C21H23BrN2O2/c22-19-6-4-18(5-7-19)21(8-9-21)23-20(25)17-3-1-2-16(14-17)15-24-10-12-26-13-11-24/h1-7,14H,8-13,15H2,(H,23,25). The summed E-state index contributed by atoms with van der Waals surface area (Å²) in [6.45, 7) is 4.33. The van der Waals surface area contributed by atoms with Gasteiger partial charge in [-0.2, -0.15) is 0 Å². The minimum Gasteiger partial charge on any atom is -0.379 e. The zero-order chi connectivity index (χ0) is 18.0. The van der Waals surface area contributed by atoms with Crippen LogP contribution in [0.2, 0.25) is 0 Å². The molecule has 26 heavy (non-hydrogen) atoms. The van der Waals surface area contributed by atoms with Crippen LogP contribution >= 0.6 is 15.9 Å². The Morgan fingerprint density at radius 2 is 1.85 bits per heavy atom. The van der Waals surface area contributed by atoms with Crippen molar-refractivity contribution < 1.29 is 9.53 Å². The van der Waals surface area contributed by atoms with Crippen LogP contribution in [0.3, 0.4) is 0 Å². The second-order valence-electron chi connectivity index (χ2n) is 7.13. The number of nitrogens with zero attached hydrogens (tertiary/aromatic N) is 1. The number of carbonyl (C=O) groups excluding carboxylic acids is 1. The first-order valence-corrected chi connectivity index (χ1v) is 9.92. The first-order chi connectivity index (χ1) is 12.6. The lowest BCUT2D eigenvalue weighted by atomic mass is 10.0. The summed E-state index contributed by atoms with van der Waals surface area (Å²) in [6, 6.07) is 16.2. The van der Waals surface area contributed by atoms with Crippen LogP contribution in [0, 0.1) is 0 Å². The molecular formula is C21H23BrN2O2. The van der Waals surface area contributed by atoms with Gasteiger partial charge in [0.1, 0.15) is 0 Å². The third-order valence-electron chi connectivity index (χ3n) is 5.20. The van der Waals surface area contributed by atoms with Gasteiger partial charge in [0.05, 0.1) is 18.8 Å². The number of rotatable bonds is 5. The molecule has 1 aliphatic heterocycles. The number of nitrogens with one attached hydrogen (secondary N) is 1. The lowest BCUT2D eigenvalue weighted by molar-refractivity contribution is 0.0342. The molecule has 2 aromatic carbocycles. The van der Waals surface area contributed by atoms with Crippen LogP contribution in [-0.2, 0) is 16.8 Å². The fourth-order valence-electron chi connectivity index (χ4n) is 3.50. The fourth-order valence-corrected chi connectivity index (χ4v) is 3.76. The second kappa shape index (κ2) is 7.51. The topological polar surface area (TPSA) is 41.6 Å². The van der Waals surface area contributed by atoms with Gasteiger partial charge in [0.25, 0.3) is 5.91 Å². The van der Waals surface area contributed by atoms with E-state index < -0.39 is 0 Å². The van der Waals surface area contributed by atoms with E-state index in [4.69, 9.17) is 4.74 Å². The van der Waals surface area contributed by atoms with Crippen molar-refractivity contribution in [3.8, 4) is 0 Å². The molecule has 4 rings (SSSR count). The fraction of sp³-hybridized carbons (Fsp3) is 0.381. The largest absolute Gasteiger partial charge is 0.379 e. The summed E-state index contributed by atoms with van der Waals surface area (Å²) in [5.41, 5.74) is 2.89. The monoisotopic (exact) mass is 414 g/mol. The average molecular weight is 415 g/mol. The number of hydrogen-bond acceptors (Lipinski definition) is 3. The third-order valence-corrected chi connectivity index (χ3v) is 5.73. The quantitative estimate of drug-likeness (QED) is 0.810. The van der Waals surface area contributed by atoms with E-state index in [2.05, 4.69) is 44.3 Å². The third kappa shape index (κ3) is 4.00. The summed E-state index contributed by atoms with van der Waals surface area (Å²) in [4.78, 5) is 15.2. The van der Waals surface area contributed by atoms with Crippen LogP contribution in [0.5, 0.6) is 0 Å². The maximum Gasteiger partial charge on any atom is 0.251 e. The molecule has 1 saturated heterocycles. The molecule has 0 spiro atoms. The van der Waals surface area contributed by atoms with Crippen LogP contribution in [0.15, 0.2) is 53.0 Å². The SMILES string of the molecule is O=C(NC1(c2ccc(Br)cc2)CC1)c1cccc(CN2CCOCC2)c1. The van der Waals surface area contributed by atoms with Crippen molar-refractivity contribution in [3.63, 3.8) is 0 Å². The Kier molecular flexibility index (Phi) is 5.11. The maximum absolute atomic E-state index is 12.8. The molecule has 2 aromatic rings. The molecule has 1 amide bonds. The normalized spacial score (nSPS) is 19.1. The average Bonchev–Trinajstić information content (AvgIpc) is 3.44. The predicted octanol–water partition coefficient (Wildman–Crippen LogP) is 3.70. The van der Waals surface area contributed by atoms with E-state index in [0.717, 1.165) is 55.7 Å². The molecule has 0 aromatic heterocycles. The van der Waals surface area contributed by atoms with Crippen LogP contribution in [0.25, 0.3) is 0 Å². The van der Waals surface area contributed by atoms with E-state index in [-0.39, 0.29) is 11.4 Å². The lowest BCUT2D eigenvalue weighted by Gasteiger charge is -2.26. The Bertz CT molecular complexity index is 781. The Balaban J connectivity index is 1.44. The zero-order valence-corrected chi connectivity index (χ0v) is 16.3. The zero-order valence-electron chi connectivity index (χ0n) is 14.7. The Hall–Kier alpha value is -1.69. The van der Waals surface area contributed by atoms with Crippen LogP contribution in [0.1, 0.15) is 34.3 Å². The molecule has 1 saturated carbocycles. The lowest BCUT2D eigenvalue weighted by Crippen LogP contribution is -2.36. The molecular weight excluding hydrogens is 392 g/mol. The van der Waals surface area contributed by atoms with Crippen molar-refractivity contribution >= 4 is 21.8 Å². The van der Waals surface area contributed by atoms with Crippen LogP contribution in [0.4, 0.5) is 0 Å². The highest BCUT2D eigenvalue weighted by atomic mass is 79.9. The van der Waals surface area contributed by atoms with E-state index >= 15 is 0 Å². The number of morpholine rings is 1. The maximum atomic E-state index is 12.8. The van der Waals surface area contributed by atoms with Gasteiger partial charge in [0.2, 0.25) is 0 Å². The smallest absolute Gasteiger partial charge is 0.251 e. The number of hydrogen-bond donors (Lipinski definition) is 1. The number of amides is 1. The molecule has 0 unspecified atom stereocenters. The molecule has 0 bridgehead atoms. The summed E-state index contributed by atoms with van der Waals surface area (Å²) in [5, 5.41) is 3.26. The van der Waals surface area contributed by atoms with Crippen molar-refractivity contribution in [2.24, 2.45) is 0 Å². The second-order valence-corrected chi connectivity index (χ2v) is 8.05. The van der Waals surface area contributed by atoms with Crippen LogP contribution in [-0.4, -0.2) is 37.1 Å². The van der Waals surface area contributed by atoms with E-state index in [1.807, 2.05) is 30.3 Å². The van der Waals surface area contributed by atoms with Gasteiger partial charge < -0.3 is 10.1 Å².